The highest BCUT2D eigenvalue weighted by molar-refractivity contribution is 9.09. The van der Waals surface area contributed by atoms with E-state index in [1.165, 1.54) is 5.56 Å². The maximum absolute atomic E-state index is 11.3. The van der Waals surface area contributed by atoms with Crippen LogP contribution in [-0.4, -0.2) is 5.78 Å². The van der Waals surface area contributed by atoms with Crippen molar-refractivity contribution in [3.63, 3.8) is 0 Å². The van der Waals surface area contributed by atoms with Gasteiger partial charge in [0.05, 0.1) is 4.83 Å². The van der Waals surface area contributed by atoms with E-state index in [2.05, 4.69) is 28.9 Å². The average molecular weight is 290 g/mol. The van der Waals surface area contributed by atoms with E-state index in [4.69, 9.17) is 11.6 Å². The highest BCUT2D eigenvalue weighted by Crippen LogP contribution is 2.30. The molecule has 0 aliphatic rings. The molecule has 82 valence electrons. The minimum Gasteiger partial charge on any atom is -0.298 e. The molecule has 15 heavy (non-hydrogen) atoms. The molecule has 0 radical (unpaired) electrons. The van der Waals surface area contributed by atoms with Gasteiger partial charge in [-0.25, -0.2) is 0 Å². The van der Waals surface area contributed by atoms with Crippen molar-refractivity contribution in [2.45, 2.75) is 31.0 Å². The first-order valence-electron chi connectivity index (χ1n) is 4.93. The van der Waals surface area contributed by atoms with Crippen LogP contribution in [0.25, 0.3) is 0 Å². The Balaban J connectivity index is 3.22. The number of aryl methyl sites for hydroxylation is 1. The second-order valence-corrected chi connectivity index (χ2v) is 4.63. The molecule has 0 fully saturated rings. The predicted octanol–water partition coefficient (Wildman–Crippen LogP) is 4.01. The van der Waals surface area contributed by atoms with Crippen molar-refractivity contribution in [2.75, 3.05) is 0 Å². The van der Waals surface area contributed by atoms with E-state index in [0.717, 1.165) is 17.5 Å². The fourth-order valence-corrected chi connectivity index (χ4v) is 2.36. The predicted molar refractivity (Wildman–Crippen MR) is 67.7 cm³/mol. The molecular weight excluding hydrogens is 275 g/mol. The maximum atomic E-state index is 11.3. The summed E-state index contributed by atoms with van der Waals surface area (Å²) in [6.45, 7) is 3.67. The van der Waals surface area contributed by atoms with Gasteiger partial charge in [-0.1, -0.05) is 41.1 Å². The van der Waals surface area contributed by atoms with Crippen molar-refractivity contribution in [3.8, 4) is 0 Å². The van der Waals surface area contributed by atoms with Crippen molar-refractivity contribution in [1.29, 1.82) is 0 Å². The van der Waals surface area contributed by atoms with Crippen molar-refractivity contribution in [2.24, 2.45) is 0 Å². The van der Waals surface area contributed by atoms with Crippen LogP contribution in [0.5, 0.6) is 0 Å². The van der Waals surface area contributed by atoms with Crippen LogP contribution in [0.4, 0.5) is 0 Å². The molecule has 1 atom stereocenters. The summed E-state index contributed by atoms with van der Waals surface area (Å²) in [4.78, 5) is 11.1. The van der Waals surface area contributed by atoms with Gasteiger partial charge >= 0.3 is 0 Å². The van der Waals surface area contributed by atoms with E-state index >= 15 is 0 Å². The van der Waals surface area contributed by atoms with Gasteiger partial charge in [0.15, 0.2) is 0 Å². The molecule has 0 aliphatic carbocycles. The van der Waals surface area contributed by atoms with Crippen LogP contribution in [0.2, 0.25) is 0 Å². The third-order valence-corrected chi connectivity index (χ3v) is 3.86. The molecule has 1 aromatic rings. The summed E-state index contributed by atoms with van der Waals surface area (Å²) in [7, 11) is 0. The zero-order valence-electron chi connectivity index (χ0n) is 8.89. The van der Waals surface area contributed by atoms with Crippen LogP contribution < -0.4 is 0 Å². The van der Waals surface area contributed by atoms with E-state index in [1.807, 2.05) is 12.1 Å². The summed E-state index contributed by atoms with van der Waals surface area (Å²) in [6, 6.07) is 5.99. The fraction of sp³-hybridized carbons (Fsp3) is 0.417. The molecule has 0 aliphatic heterocycles. The molecular formula is C12H14BrClO. The number of benzene rings is 1. The molecule has 0 bridgehead atoms. The molecule has 1 unspecified atom stereocenters. The van der Waals surface area contributed by atoms with Gasteiger partial charge < -0.3 is 0 Å². The largest absolute Gasteiger partial charge is 0.298 e. The van der Waals surface area contributed by atoms with Gasteiger partial charge in [0, 0.05) is 5.88 Å². The number of carbonyl (C=O) groups is 1. The van der Waals surface area contributed by atoms with Gasteiger partial charge in [-0.15, -0.1) is 11.6 Å². The molecule has 0 saturated heterocycles. The number of halogens is 2. The summed E-state index contributed by atoms with van der Waals surface area (Å²) in [5.41, 5.74) is 3.30. The highest BCUT2D eigenvalue weighted by atomic mass is 79.9. The summed E-state index contributed by atoms with van der Waals surface area (Å²) in [6.07, 6.45) is 0.938. The molecule has 1 aromatic carbocycles. The number of hydrogen-bond donors (Lipinski definition) is 0. The lowest BCUT2D eigenvalue weighted by Crippen LogP contribution is -2.06. The van der Waals surface area contributed by atoms with Gasteiger partial charge in [-0.05, 0) is 30.0 Å². The number of Topliss-reactive ketones (excluding diaryl/α,β-unsaturated/α-hetero) is 1. The molecule has 1 nitrogen and oxygen atoms in total. The van der Waals surface area contributed by atoms with Crippen molar-refractivity contribution < 1.29 is 4.79 Å². The number of rotatable bonds is 4. The van der Waals surface area contributed by atoms with Crippen LogP contribution in [0.3, 0.4) is 0 Å². The normalized spacial score (nSPS) is 12.5. The lowest BCUT2D eigenvalue weighted by molar-refractivity contribution is -0.116. The Labute approximate surface area is 104 Å². The van der Waals surface area contributed by atoms with Crippen LogP contribution >= 0.6 is 27.5 Å². The van der Waals surface area contributed by atoms with Crippen LogP contribution in [0, 0.1) is 0 Å². The third-order valence-electron chi connectivity index (χ3n) is 2.45. The Hall–Kier alpha value is -0.340. The monoisotopic (exact) mass is 288 g/mol. The molecule has 0 heterocycles. The molecule has 0 amide bonds. The third kappa shape index (κ3) is 2.82. The zero-order chi connectivity index (χ0) is 11.4. The minimum absolute atomic E-state index is 0.106. The zero-order valence-corrected chi connectivity index (χ0v) is 11.2. The average Bonchev–Trinajstić information content (AvgIpc) is 2.26. The molecule has 1 rings (SSSR count). The Bertz CT molecular complexity index is 363. The van der Waals surface area contributed by atoms with E-state index in [-0.39, 0.29) is 10.6 Å². The summed E-state index contributed by atoms with van der Waals surface area (Å²) in [5, 5.41) is 0. The quantitative estimate of drug-likeness (QED) is 0.765. The smallest absolute Gasteiger partial charge is 0.147 e. The first-order valence-corrected chi connectivity index (χ1v) is 6.38. The SMILES string of the molecule is CCc1cccc(C(Br)C(C)=O)c1CCl. The molecule has 0 aromatic heterocycles. The van der Waals surface area contributed by atoms with E-state index in [9.17, 15) is 4.79 Å². The Morgan fingerprint density at radius 3 is 2.67 bits per heavy atom. The standard InChI is InChI=1S/C12H14BrClO/c1-3-9-5-4-6-10(11(9)7-14)12(13)8(2)15/h4-6,12H,3,7H2,1-2H3. The Morgan fingerprint density at radius 1 is 1.53 bits per heavy atom. The maximum Gasteiger partial charge on any atom is 0.147 e. The summed E-state index contributed by atoms with van der Waals surface area (Å²) >= 11 is 9.33. The van der Waals surface area contributed by atoms with Gasteiger partial charge in [0.1, 0.15) is 5.78 Å². The summed E-state index contributed by atoms with van der Waals surface area (Å²) < 4.78 is 0. The first-order chi connectivity index (χ1) is 7.11. The van der Waals surface area contributed by atoms with E-state index < -0.39 is 0 Å². The number of ketones is 1. The molecule has 0 spiro atoms. The van der Waals surface area contributed by atoms with E-state index in [1.54, 1.807) is 6.92 Å². The van der Waals surface area contributed by atoms with Gasteiger partial charge in [0.2, 0.25) is 0 Å². The number of carbonyl (C=O) groups excluding carboxylic acids is 1. The summed E-state index contributed by atoms with van der Waals surface area (Å²) in [5.74, 6) is 0.559. The first kappa shape index (κ1) is 12.7. The van der Waals surface area contributed by atoms with Crippen molar-refractivity contribution in [1.82, 2.24) is 0 Å². The van der Waals surface area contributed by atoms with Crippen molar-refractivity contribution >= 4 is 33.3 Å². The van der Waals surface area contributed by atoms with Crippen LogP contribution in [0.15, 0.2) is 18.2 Å². The minimum atomic E-state index is -0.238. The molecule has 3 heteroatoms. The topological polar surface area (TPSA) is 17.1 Å². The van der Waals surface area contributed by atoms with Crippen molar-refractivity contribution in [3.05, 3.63) is 34.9 Å². The van der Waals surface area contributed by atoms with Gasteiger partial charge in [-0.2, -0.15) is 0 Å². The number of hydrogen-bond acceptors (Lipinski definition) is 1. The van der Waals surface area contributed by atoms with Gasteiger partial charge in [0.25, 0.3) is 0 Å². The molecule has 0 N–H and O–H groups in total. The fourth-order valence-electron chi connectivity index (χ4n) is 1.61. The second kappa shape index (κ2) is 5.66. The lowest BCUT2D eigenvalue weighted by atomic mass is 9.97. The second-order valence-electron chi connectivity index (χ2n) is 3.45. The van der Waals surface area contributed by atoms with Crippen LogP contribution in [0.1, 0.15) is 35.4 Å². The van der Waals surface area contributed by atoms with Gasteiger partial charge in [-0.3, -0.25) is 4.79 Å². The molecule has 0 saturated carbocycles. The number of alkyl halides is 2. The highest BCUT2D eigenvalue weighted by Gasteiger charge is 2.17. The Kier molecular flexibility index (Phi) is 4.81. The lowest BCUT2D eigenvalue weighted by Gasteiger charge is -2.14. The van der Waals surface area contributed by atoms with E-state index in [0.29, 0.717) is 5.88 Å². The van der Waals surface area contributed by atoms with Crippen LogP contribution in [-0.2, 0) is 17.1 Å². The Morgan fingerprint density at radius 2 is 2.20 bits per heavy atom.